The van der Waals surface area contributed by atoms with Gasteiger partial charge in [-0.25, -0.2) is 13.2 Å². The third kappa shape index (κ3) is 5.70. The second kappa shape index (κ2) is 9.44. The van der Waals surface area contributed by atoms with E-state index in [2.05, 4.69) is 10.0 Å². The van der Waals surface area contributed by atoms with Crippen molar-refractivity contribution in [2.24, 2.45) is 0 Å². The molecule has 0 saturated heterocycles. The first-order valence-corrected chi connectivity index (χ1v) is 11.0. The number of carboxylic acid groups (broad SMARTS) is 1. The van der Waals surface area contributed by atoms with Crippen molar-refractivity contribution >= 4 is 33.3 Å². The van der Waals surface area contributed by atoms with E-state index in [1.54, 1.807) is 48.5 Å². The van der Waals surface area contributed by atoms with Crippen LogP contribution in [0.2, 0.25) is 0 Å². The first-order chi connectivity index (χ1) is 14.8. The van der Waals surface area contributed by atoms with Gasteiger partial charge in [-0.3, -0.25) is 9.52 Å². The maximum absolute atomic E-state index is 12.8. The van der Waals surface area contributed by atoms with Gasteiger partial charge in [-0.15, -0.1) is 0 Å². The number of para-hydroxylation sites is 1. The summed E-state index contributed by atoms with van der Waals surface area (Å²) < 4.78 is 28.3. The Hall–Kier alpha value is -3.65. The average Bonchev–Trinajstić information content (AvgIpc) is 2.73. The molecular weight excluding hydrogens is 416 g/mol. The van der Waals surface area contributed by atoms with Gasteiger partial charge in [0.2, 0.25) is 5.91 Å². The van der Waals surface area contributed by atoms with E-state index in [1.165, 1.54) is 31.2 Å². The molecule has 31 heavy (non-hydrogen) atoms. The molecule has 0 fully saturated rings. The Morgan fingerprint density at radius 3 is 2.06 bits per heavy atom. The van der Waals surface area contributed by atoms with Crippen molar-refractivity contribution in [2.45, 2.75) is 24.7 Å². The Labute approximate surface area is 180 Å². The SMILES string of the molecule is CC(=O)Nc1ccc(S(=O)(=O)Nc2ccccc2CCc2ccccc2C(=O)O)cc1. The number of sulfonamides is 1. The monoisotopic (exact) mass is 438 g/mol. The van der Waals surface area contributed by atoms with Gasteiger partial charge < -0.3 is 10.4 Å². The molecule has 0 heterocycles. The van der Waals surface area contributed by atoms with E-state index in [9.17, 15) is 23.1 Å². The maximum Gasteiger partial charge on any atom is 0.335 e. The Bertz CT molecular complexity index is 1200. The molecule has 0 atom stereocenters. The van der Waals surface area contributed by atoms with E-state index < -0.39 is 16.0 Å². The second-order valence-corrected chi connectivity index (χ2v) is 8.61. The summed E-state index contributed by atoms with van der Waals surface area (Å²) in [6.07, 6.45) is 0.914. The van der Waals surface area contributed by atoms with E-state index in [-0.39, 0.29) is 16.4 Å². The lowest BCUT2D eigenvalue weighted by Crippen LogP contribution is -2.15. The van der Waals surface area contributed by atoms with Crippen LogP contribution in [0.15, 0.2) is 77.7 Å². The molecule has 0 unspecified atom stereocenters. The summed E-state index contributed by atoms with van der Waals surface area (Å²) in [5, 5.41) is 11.9. The number of aryl methyl sites for hydroxylation is 2. The topological polar surface area (TPSA) is 113 Å². The maximum atomic E-state index is 12.8. The average molecular weight is 439 g/mol. The van der Waals surface area contributed by atoms with Crippen LogP contribution in [0.1, 0.15) is 28.4 Å². The summed E-state index contributed by atoms with van der Waals surface area (Å²) >= 11 is 0. The van der Waals surface area contributed by atoms with Gasteiger partial charge in [-0.05, 0) is 60.4 Å². The van der Waals surface area contributed by atoms with Gasteiger partial charge in [0.15, 0.2) is 0 Å². The highest BCUT2D eigenvalue weighted by atomic mass is 32.2. The molecule has 0 aromatic heterocycles. The number of carbonyl (C=O) groups is 2. The van der Waals surface area contributed by atoms with E-state index in [0.717, 1.165) is 5.56 Å². The molecule has 0 bridgehead atoms. The number of rotatable bonds is 8. The van der Waals surface area contributed by atoms with Crippen LogP contribution in [0.3, 0.4) is 0 Å². The summed E-state index contributed by atoms with van der Waals surface area (Å²) in [5.41, 5.74) is 2.60. The molecule has 8 heteroatoms. The van der Waals surface area contributed by atoms with Crippen molar-refractivity contribution in [3.63, 3.8) is 0 Å². The van der Waals surface area contributed by atoms with Crippen molar-refractivity contribution in [1.29, 1.82) is 0 Å². The fraction of sp³-hybridized carbons (Fsp3) is 0.130. The number of aromatic carboxylic acids is 1. The number of amides is 1. The van der Waals surface area contributed by atoms with E-state index in [0.29, 0.717) is 29.8 Å². The lowest BCUT2D eigenvalue weighted by atomic mass is 9.99. The lowest BCUT2D eigenvalue weighted by Gasteiger charge is -2.14. The van der Waals surface area contributed by atoms with Crippen LogP contribution in [0.4, 0.5) is 11.4 Å². The molecule has 1 amide bonds. The summed E-state index contributed by atoms with van der Waals surface area (Å²) in [6, 6.07) is 19.6. The van der Waals surface area contributed by atoms with Crippen LogP contribution in [0.25, 0.3) is 0 Å². The molecule has 3 aromatic carbocycles. The first kappa shape index (κ1) is 22.0. The van der Waals surface area contributed by atoms with Crippen molar-refractivity contribution in [3.8, 4) is 0 Å². The predicted molar refractivity (Wildman–Crippen MR) is 119 cm³/mol. The quantitative estimate of drug-likeness (QED) is 0.493. The summed E-state index contributed by atoms with van der Waals surface area (Å²) in [4.78, 5) is 22.6. The number of anilines is 2. The highest BCUT2D eigenvalue weighted by Gasteiger charge is 2.17. The number of carboxylic acids is 1. The minimum absolute atomic E-state index is 0.0626. The smallest absolute Gasteiger partial charge is 0.335 e. The molecule has 0 aliphatic rings. The van der Waals surface area contributed by atoms with E-state index >= 15 is 0 Å². The van der Waals surface area contributed by atoms with Crippen LogP contribution < -0.4 is 10.0 Å². The highest BCUT2D eigenvalue weighted by molar-refractivity contribution is 7.92. The standard InChI is InChI=1S/C23H22N2O5S/c1-16(26)24-19-12-14-20(15-13-19)31(29,30)25-22-9-5-3-7-18(22)11-10-17-6-2-4-8-21(17)23(27)28/h2-9,12-15,25H,10-11H2,1H3,(H,24,26)(H,27,28). The van der Waals surface area contributed by atoms with Gasteiger partial charge in [-0.1, -0.05) is 36.4 Å². The number of hydrogen-bond acceptors (Lipinski definition) is 4. The Morgan fingerprint density at radius 1 is 0.839 bits per heavy atom. The normalized spacial score (nSPS) is 11.0. The van der Waals surface area contributed by atoms with Crippen LogP contribution in [0.5, 0.6) is 0 Å². The van der Waals surface area contributed by atoms with Gasteiger partial charge >= 0.3 is 5.97 Å². The largest absolute Gasteiger partial charge is 0.478 e. The lowest BCUT2D eigenvalue weighted by molar-refractivity contribution is -0.114. The molecule has 0 radical (unpaired) electrons. The van der Waals surface area contributed by atoms with E-state index in [1.807, 2.05) is 0 Å². The zero-order valence-electron chi connectivity index (χ0n) is 16.8. The second-order valence-electron chi connectivity index (χ2n) is 6.93. The molecule has 160 valence electrons. The Morgan fingerprint density at radius 2 is 1.42 bits per heavy atom. The van der Waals surface area contributed by atoms with Gasteiger partial charge in [0.1, 0.15) is 0 Å². The van der Waals surface area contributed by atoms with Crippen LogP contribution in [-0.4, -0.2) is 25.4 Å². The number of nitrogens with one attached hydrogen (secondary N) is 2. The summed E-state index contributed by atoms with van der Waals surface area (Å²) in [7, 11) is -3.84. The van der Waals surface area contributed by atoms with Crippen molar-refractivity contribution in [3.05, 3.63) is 89.5 Å². The molecule has 0 aliphatic heterocycles. The minimum atomic E-state index is -3.84. The van der Waals surface area contributed by atoms with Gasteiger partial charge in [0.25, 0.3) is 10.0 Å². The van der Waals surface area contributed by atoms with Gasteiger partial charge in [-0.2, -0.15) is 0 Å². The van der Waals surface area contributed by atoms with Crippen molar-refractivity contribution in [2.75, 3.05) is 10.0 Å². The fourth-order valence-electron chi connectivity index (χ4n) is 3.18. The molecular formula is C23H22N2O5S. The number of carbonyl (C=O) groups excluding carboxylic acids is 1. The highest BCUT2D eigenvalue weighted by Crippen LogP contribution is 2.23. The first-order valence-electron chi connectivity index (χ1n) is 9.56. The fourth-order valence-corrected chi connectivity index (χ4v) is 4.28. The van der Waals surface area contributed by atoms with Crippen LogP contribution in [-0.2, 0) is 27.7 Å². The molecule has 3 rings (SSSR count). The molecule has 0 spiro atoms. The van der Waals surface area contributed by atoms with Gasteiger partial charge in [0, 0.05) is 12.6 Å². The minimum Gasteiger partial charge on any atom is -0.478 e. The third-order valence-electron chi connectivity index (χ3n) is 4.66. The Kier molecular flexibility index (Phi) is 6.71. The summed E-state index contributed by atoms with van der Waals surface area (Å²) in [5.74, 6) is -1.24. The molecule has 0 saturated carbocycles. The van der Waals surface area contributed by atoms with Crippen LogP contribution in [0, 0.1) is 0 Å². The molecule has 3 aromatic rings. The van der Waals surface area contributed by atoms with E-state index in [4.69, 9.17) is 0 Å². The Balaban J connectivity index is 1.79. The molecule has 3 N–H and O–H groups in total. The number of benzene rings is 3. The number of hydrogen-bond donors (Lipinski definition) is 3. The molecule has 7 nitrogen and oxygen atoms in total. The molecule has 0 aliphatic carbocycles. The van der Waals surface area contributed by atoms with Gasteiger partial charge in [0.05, 0.1) is 16.1 Å². The summed E-state index contributed by atoms with van der Waals surface area (Å²) in [6.45, 7) is 1.37. The zero-order valence-corrected chi connectivity index (χ0v) is 17.6. The third-order valence-corrected chi connectivity index (χ3v) is 6.04. The van der Waals surface area contributed by atoms with Crippen LogP contribution >= 0.6 is 0 Å². The van der Waals surface area contributed by atoms with Crippen molar-refractivity contribution < 1.29 is 23.1 Å². The predicted octanol–water partition coefficient (Wildman–Crippen LogP) is 3.93. The zero-order chi connectivity index (χ0) is 22.4. The van der Waals surface area contributed by atoms with Crippen molar-refractivity contribution in [1.82, 2.24) is 0 Å².